The Hall–Kier alpha value is -6.67. The zero-order chi connectivity index (χ0) is 50.5. The number of ether oxygens (including phenoxy) is 1. The van der Waals surface area contributed by atoms with Gasteiger partial charge in [0.2, 0.25) is 17.7 Å². The van der Waals surface area contributed by atoms with Gasteiger partial charge in [-0.25, -0.2) is 9.97 Å². The topological polar surface area (TPSA) is 208 Å². The van der Waals surface area contributed by atoms with Gasteiger partial charge >= 0.3 is 6.01 Å². The van der Waals surface area contributed by atoms with Crippen molar-refractivity contribution in [3.05, 3.63) is 128 Å². The summed E-state index contributed by atoms with van der Waals surface area (Å²) in [7, 11) is 0. The molecule has 1 saturated carbocycles. The number of aryl methyl sites for hydroxylation is 3. The molecule has 0 radical (unpaired) electrons. The summed E-state index contributed by atoms with van der Waals surface area (Å²) < 4.78 is 9.84. The number of hydrogen-bond donors (Lipinski definition) is 3. The number of carbonyl (C=O) groups excluding carboxylic acids is 3. The first-order valence-corrected chi connectivity index (χ1v) is 26.2. The summed E-state index contributed by atoms with van der Waals surface area (Å²) in [4.78, 5) is 64.4. The van der Waals surface area contributed by atoms with E-state index in [1.807, 2.05) is 93.2 Å². The Morgan fingerprint density at radius 1 is 0.931 bits per heavy atom. The molecular weight excluding hydrogens is 972 g/mol. The number of benzene rings is 2. The molecule has 3 amide bonds. The van der Waals surface area contributed by atoms with Crippen molar-refractivity contribution < 1.29 is 24.2 Å². The van der Waals surface area contributed by atoms with Gasteiger partial charge in [-0.15, -0.1) is 32.9 Å². The molecule has 7 aromatic rings. The summed E-state index contributed by atoms with van der Waals surface area (Å²) in [5.74, 6) is 0.339. The van der Waals surface area contributed by atoms with E-state index in [0.717, 1.165) is 54.9 Å². The van der Waals surface area contributed by atoms with Crippen LogP contribution in [0.2, 0.25) is 5.02 Å². The molecule has 0 spiro atoms. The molecular formula is C52H55ClN12O5S2. The number of thiophene rings is 1. The van der Waals surface area contributed by atoms with Crippen molar-refractivity contribution >= 4 is 57.7 Å². The molecule has 17 nitrogen and oxygen atoms in total. The lowest BCUT2D eigenvalue weighted by atomic mass is 9.89. The number of nitrogens with zero attached hydrogens (tertiary/aromatic N) is 10. The van der Waals surface area contributed by atoms with Gasteiger partial charge in [-0.05, 0) is 75.4 Å². The summed E-state index contributed by atoms with van der Waals surface area (Å²) in [6.07, 6.45) is 5.26. The zero-order valence-corrected chi connectivity index (χ0v) is 43.3. The predicted octanol–water partition coefficient (Wildman–Crippen LogP) is 8.04. The maximum absolute atomic E-state index is 14.4. The quantitative estimate of drug-likeness (QED) is 0.0950. The molecule has 20 heteroatoms. The van der Waals surface area contributed by atoms with E-state index in [-0.39, 0.29) is 67.2 Å². The molecule has 1 aliphatic carbocycles. The highest BCUT2D eigenvalue weighted by Gasteiger charge is 2.43. The number of thiazole rings is 1. The van der Waals surface area contributed by atoms with Crippen LogP contribution in [0.3, 0.4) is 0 Å². The number of aromatic nitrogens is 8. The van der Waals surface area contributed by atoms with Crippen molar-refractivity contribution in [3.8, 4) is 32.7 Å². The van der Waals surface area contributed by atoms with Crippen LogP contribution in [0.25, 0.3) is 26.7 Å². The van der Waals surface area contributed by atoms with Crippen LogP contribution in [-0.2, 0) is 14.4 Å². The lowest BCUT2D eigenvalue weighted by Gasteiger charge is -2.35. The van der Waals surface area contributed by atoms with Crippen LogP contribution < -0.4 is 15.4 Å². The molecule has 5 atom stereocenters. The van der Waals surface area contributed by atoms with E-state index in [1.54, 1.807) is 52.0 Å². The van der Waals surface area contributed by atoms with E-state index >= 15 is 0 Å². The monoisotopic (exact) mass is 1030 g/mol. The highest BCUT2D eigenvalue weighted by Crippen LogP contribution is 2.40. The van der Waals surface area contributed by atoms with Crippen LogP contribution in [0.1, 0.15) is 109 Å². The van der Waals surface area contributed by atoms with Crippen molar-refractivity contribution in [2.24, 2.45) is 10.9 Å². The molecule has 72 heavy (non-hydrogen) atoms. The van der Waals surface area contributed by atoms with Crippen molar-refractivity contribution in [2.75, 3.05) is 6.54 Å². The lowest BCUT2D eigenvalue weighted by molar-refractivity contribution is -0.142. The second-order valence-electron chi connectivity index (χ2n) is 19.2. The number of aliphatic hydroxyl groups is 1. The first kappa shape index (κ1) is 48.9. The number of hydrogen-bond acceptors (Lipinski definition) is 14. The van der Waals surface area contributed by atoms with Crippen LogP contribution in [0.15, 0.2) is 83.7 Å². The Morgan fingerprint density at radius 2 is 1.68 bits per heavy atom. The number of amides is 3. The van der Waals surface area contributed by atoms with Crippen LogP contribution in [0.4, 0.5) is 0 Å². The van der Waals surface area contributed by atoms with Gasteiger partial charge in [0.05, 0.1) is 52.3 Å². The van der Waals surface area contributed by atoms with Crippen LogP contribution in [0, 0.1) is 33.6 Å². The summed E-state index contributed by atoms with van der Waals surface area (Å²) in [5.41, 5.74) is 9.78. The molecule has 2 aliphatic heterocycles. The second-order valence-corrected chi connectivity index (χ2v) is 21.7. The standard InChI is InChI=1S/C52H55ClN12O5S2/c1-26(2)46(50(69)63-24-38(66)20-42(63)49(68)57-28(4)32-8-10-34(11-9-32)47-29(5)55-25-71-47)64-23-35(22-56-64)40-16-17-54-52(60-40)70-39-18-37(19-39)58-43(67)21-41-48-62-61-31(7)65(48)51-44(27(3)30(6)72-51)45(59-41)33-12-14-36(53)15-13-33/h8-17,22-23,25-26,28,37-39,41-42,46,66H,18-21,24H2,1-7H3,(H,57,68)(H,58,67)/t28-,37?,38+,39?,41-,42-,46+/m0/s1. The number of aliphatic hydroxyl groups excluding tert-OH is 1. The van der Waals surface area contributed by atoms with E-state index in [9.17, 15) is 19.5 Å². The third kappa shape index (κ3) is 9.69. The van der Waals surface area contributed by atoms with Gasteiger partial charge in [-0.2, -0.15) is 10.1 Å². The second kappa shape index (κ2) is 20.1. The third-order valence-electron chi connectivity index (χ3n) is 13.8. The summed E-state index contributed by atoms with van der Waals surface area (Å²) >= 11 is 9.53. The van der Waals surface area contributed by atoms with Gasteiger partial charge in [0.25, 0.3) is 0 Å². The fourth-order valence-electron chi connectivity index (χ4n) is 9.78. The van der Waals surface area contributed by atoms with Gasteiger partial charge in [-0.3, -0.25) is 28.6 Å². The maximum atomic E-state index is 14.4. The Labute approximate surface area is 429 Å². The first-order chi connectivity index (χ1) is 34.6. The lowest BCUT2D eigenvalue weighted by Crippen LogP contribution is -2.49. The molecule has 1 saturated heterocycles. The fourth-order valence-corrected chi connectivity index (χ4v) is 11.9. The van der Waals surface area contributed by atoms with Crippen molar-refractivity contribution in [1.29, 1.82) is 0 Å². The molecule has 10 rings (SSSR count). The van der Waals surface area contributed by atoms with Gasteiger partial charge in [0.15, 0.2) is 5.82 Å². The highest BCUT2D eigenvalue weighted by atomic mass is 35.5. The molecule has 3 N–H and O–H groups in total. The van der Waals surface area contributed by atoms with Crippen LogP contribution in [0.5, 0.6) is 6.01 Å². The van der Waals surface area contributed by atoms with E-state index in [1.165, 1.54) is 9.78 Å². The Balaban J connectivity index is 0.762. The number of aliphatic imine (C=N–C) groups is 1. The molecule has 7 heterocycles. The van der Waals surface area contributed by atoms with Crippen molar-refractivity contribution in [1.82, 2.24) is 55.0 Å². The van der Waals surface area contributed by atoms with Gasteiger partial charge in [0.1, 0.15) is 35.1 Å². The van der Waals surface area contributed by atoms with Crippen molar-refractivity contribution in [2.45, 2.75) is 117 Å². The highest BCUT2D eigenvalue weighted by molar-refractivity contribution is 7.15. The Bertz CT molecular complexity index is 3190. The molecule has 3 aliphatic rings. The van der Waals surface area contributed by atoms with E-state index in [0.29, 0.717) is 34.9 Å². The Morgan fingerprint density at radius 3 is 2.40 bits per heavy atom. The normalized spacial score (nSPS) is 20.2. The molecule has 2 aromatic carbocycles. The summed E-state index contributed by atoms with van der Waals surface area (Å²) in [5, 5.41) is 32.2. The minimum atomic E-state index is -0.854. The fraction of sp³-hybridized carbons (Fsp3) is 0.385. The predicted molar refractivity (Wildman–Crippen MR) is 276 cm³/mol. The average molecular weight is 1030 g/mol. The van der Waals surface area contributed by atoms with E-state index in [4.69, 9.17) is 21.3 Å². The van der Waals surface area contributed by atoms with E-state index < -0.39 is 24.2 Å². The number of carbonyl (C=O) groups is 3. The van der Waals surface area contributed by atoms with Crippen molar-refractivity contribution in [3.63, 3.8) is 0 Å². The number of rotatable bonds is 14. The number of halogens is 1. The minimum absolute atomic E-state index is 0.0323. The zero-order valence-electron chi connectivity index (χ0n) is 40.9. The molecule has 372 valence electrons. The minimum Gasteiger partial charge on any atom is -0.460 e. The molecule has 0 unspecified atom stereocenters. The number of likely N-dealkylation sites (tertiary alicyclic amines) is 1. The summed E-state index contributed by atoms with van der Waals surface area (Å²) in [6, 6.07) is 14.9. The molecule has 2 fully saturated rings. The third-order valence-corrected chi connectivity index (χ3v) is 16.2. The molecule has 5 aromatic heterocycles. The SMILES string of the molecule is Cc1ncsc1-c1ccc([C@H](C)NC(=O)[C@@H]2C[C@@H](O)CN2C(=O)[C@@H](C(C)C)n2cc(-c3ccnc(OC4CC(NC(=O)C[C@@H]5N=C(c6ccc(Cl)cc6)c6c(sc(C)c6C)-n6c(C)nnc65)C4)n3)cn2)cc1. The number of β-amino-alcohol motifs (C(OH)–C–C–N with tert-alkyl or cyclic N) is 1. The average Bonchev–Trinajstić information content (AvgIpc) is 4.19. The number of fused-ring (bicyclic) bond motifs is 3. The summed E-state index contributed by atoms with van der Waals surface area (Å²) in [6.45, 7) is 13.9. The van der Waals surface area contributed by atoms with E-state index in [2.05, 4.69) is 54.7 Å². The first-order valence-electron chi connectivity index (χ1n) is 24.1. The smallest absolute Gasteiger partial charge is 0.317 e. The van der Waals surface area contributed by atoms with Crippen LogP contribution in [-0.4, -0.2) is 104 Å². The van der Waals surface area contributed by atoms with Gasteiger partial charge in [0, 0.05) is 70.8 Å². The number of nitrogens with one attached hydrogen (secondary N) is 2. The van der Waals surface area contributed by atoms with Gasteiger partial charge < -0.3 is 25.4 Å². The molecule has 0 bridgehead atoms. The maximum Gasteiger partial charge on any atom is 0.317 e. The van der Waals surface area contributed by atoms with Gasteiger partial charge in [-0.1, -0.05) is 61.8 Å². The largest absolute Gasteiger partial charge is 0.460 e. The Kier molecular flexibility index (Phi) is 13.7. The van der Waals surface area contributed by atoms with Crippen LogP contribution >= 0.6 is 34.3 Å².